The maximum atomic E-state index is 7.23. The van der Waals surface area contributed by atoms with E-state index in [1.807, 2.05) is 6.08 Å². The van der Waals surface area contributed by atoms with Crippen molar-refractivity contribution in [3.05, 3.63) is 212 Å². The second kappa shape index (κ2) is 14.8. The Bertz CT molecular complexity index is 3310. The highest BCUT2D eigenvalue weighted by molar-refractivity contribution is 7.80. The monoisotopic (exact) mass is 794 g/mol. The number of rotatable bonds is 7. The zero-order valence-corrected chi connectivity index (χ0v) is 33.7. The predicted octanol–water partition coefficient (Wildman–Crippen LogP) is 14.8. The van der Waals surface area contributed by atoms with Crippen molar-refractivity contribution in [3.8, 4) is 16.9 Å². The average molecular weight is 795 g/mol. The molecule has 0 fully saturated rings. The number of hydrogen-bond acceptors (Lipinski definition) is 3. The van der Waals surface area contributed by atoms with Crippen molar-refractivity contribution in [2.45, 2.75) is 0 Å². The van der Waals surface area contributed by atoms with E-state index in [0.717, 1.165) is 81.7 Å². The second-order valence-electron chi connectivity index (χ2n) is 14.6. The Balaban J connectivity index is 1.23. The van der Waals surface area contributed by atoms with Crippen LogP contribution >= 0.6 is 16.2 Å². The van der Waals surface area contributed by atoms with Gasteiger partial charge in [-0.2, -0.15) is 0 Å². The van der Waals surface area contributed by atoms with Crippen LogP contribution in [0.2, 0.25) is 0 Å². The molecule has 0 aliphatic carbocycles. The van der Waals surface area contributed by atoms with Crippen LogP contribution in [0.4, 0.5) is 0 Å². The zero-order chi connectivity index (χ0) is 39.3. The Morgan fingerprint density at radius 2 is 0.932 bits per heavy atom. The molecule has 0 aliphatic heterocycles. The Labute approximate surface area is 343 Å². The maximum absolute atomic E-state index is 7.23. The summed E-state index contributed by atoms with van der Waals surface area (Å²) in [5, 5.41) is 14.7. The average Bonchev–Trinajstić information content (AvgIpc) is 3.46. The Kier molecular flexibility index (Phi) is 8.85. The molecule has 0 radical (unpaired) electrons. The van der Waals surface area contributed by atoms with E-state index in [-0.39, 0.29) is 0 Å². The van der Waals surface area contributed by atoms with Gasteiger partial charge in [-0.15, -0.1) is 0 Å². The van der Waals surface area contributed by atoms with Crippen molar-refractivity contribution >= 4 is 103 Å². The molecule has 11 aromatic rings. The van der Waals surface area contributed by atoms with E-state index >= 15 is 0 Å². The van der Waals surface area contributed by atoms with Crippen LogP contribution in [0.5, 0.6) is 5.75 Å². The molecule has 0 saturated heterocycles. The Morgan fingerprint density at radius 1 is 0.441 bits per heavy atom. The summed E-state index contributed by atoms with van der Waals surface area (Å²) in [5.41, 5.74) is 4.64. The summed E-state index contributed by atoms with van der Waals surface area (Å²) >= 11 is 0. The summed E-state index contributed by atoms with van der Waals surface area (Å²) in [6.07, 6.45) is 1.90. The molecule has 0 aliphatic rings. The van der Waals surface area contributed by atoms with Crippen molar-refractivity contribution in [3.63, 3.8) is 0 Å². The molecule has 0 spiro atoms. The first-order chi connectivity index (χ1) is 29.2. The van der Waals surface area contributed by atoms with E-state index in [9.17, 15) is 0 Å². The highest BCUT2D eigenvalue weighted by atomic mass is 31.1. The molecular weight excluding hydrogens is 759 g/mol. The highest BCUT2D eigenvalue weighted by Gasteiger charge is 2.26. The van der Waals surface area contributed by atoms with Gasteiger partial charge >= 0.3 is 8.24 Å². The van der Waals surface area contributed by atoms with Crippen molar-refractivity contribution in [1.82, 2.24) is 0 Å². The molecule has 0 bridgehead atoms. The van der Waals surface area contributed by atoms with E-state index in [1.165, 1.54) is 15.9 Å². The van der Waals surface area contributed by atoms with Gasteiger partial charge in [0.25, 0.3) is 0 Å². The number of fused-ring (bicyclic) bond motifs is 9. The molecule has 0 N–H and O–H groups in total. The minimum Gasteiger partial charge on any atom is -0.390 e. The third-order valence-electron chi connectivity index (χ3n) is 11.2. The van der Waals surface area contributed by atoms with Gasteiger partial charge in [-0.05, 0) is 96.8 Å². The standard InChI is InChI=1S/C54H36O3P2/c1-2-36-25-30-46-40(35-36)28-33-49(53(46)54-45-24-14-11-17-39(45)29-34-50(54)58(41-18-5-3-6-19-41)42-20-7-4-8-21-42)57-59-55-47-31-26-37-15-9-12-22-43(37)51(47)52-44-23-13-10-16-38(44)27-32-48(52)56-59/h2-35H,1H2. The van der Waals surface area contributed by atoms with Crippen LogP contribution in [-0.4, -0.2) is 0 Å². The Morgan fingerprint density at radius 3 is 1.53 bits per heavy atom. The lowest BCUT2D eigenvalue weighted by Gasteiger charge is -2.25. The summed E-state index contributed by atoms with van der Waals surface area (Å²) in [6.45, 7) is 4.09. The molecule has 11 rings (SSSR count). The summed E-state index contributed by atoms with van der Waals surface area (Å²) in [4.78, 5) is 0. The fraction of sp³-hybridized carbons (Fsp3) is 0. The first kappa shape index (κ1) is 35.3. The van der Waals surface area contributed by atoms with Crippen LogP contribution in [-0.2, 0) is 0 Å². The lowest BCUT2D eigenvalue weighted by atomic mass is 9.92. The van der Waals surface area contributed by atoms with Crippen LogP contribution in [0.1, 0.15) is 5.56 Å². The third kappa shape index (κ3) is 6.19. The van der Waals surface area contributed by atoms with Crippen molar-refractivity contribution < 1.29 is 12.9 Å². The molecule has 5 heteroatoms. The minimum absolute atomic E-state index is 0.690. The molecule has 3 nitrogen and oxygen atoms in total. The lowest BCUT2D eigenvalue weighted by Crippen LogP contribution is -2.22. The van der Waals surface area contributed by atoms with Crippen LogP contribution in [0.3, 0.4) is 0 Å². The van der Waals surface area contributed by atoms with E-state index < -0.39 is 16.2 Å². The van der Waals surface area contributed by atoms with Gasteiger partial charge < -0.3 is 12.9 Å². The molecule has 280 valence electrons. The van der Waals surface area contributed by atoms with Crippen LogP contribution in [0, 0.1) is 0 Å². The molecule has 0 atom stereocenters. The molecule has 0 saturated carbocycles. The normalized spacial score (nSPS) is 11.6. The fourth-order valence-corrected chi connectivity index (χ4v) is 12.1. The van der Waals surface area contributed by atoms with Gasteiger partial charge in [-0.1, -0.05) is 189 Å². The van der Waals surface area contributed by atoms with Crippen LogP contribution < -0.4 is 20.4 Å². The maximum Gasteiger partial charge on any atom is 0.453 e. The van der Waals surface area contributed by atoms with E-state index in [1.54, 1.807) is 0 Å². The smallest absolute Gasteiger partial charge is 0.390 e. The lowest BCUT2D eigenvalue weighted by molar-refractivity contribution is 0.500. The van der Waals surface area contributed by atoms with Crippen LogP contribution in [0.25, 0.3) is 82.2 Å². The van der Waals surface area contributed by atoms with E-state index in [0.29, 0.717) is 5.75 Å². The second-order valence-corrected chi connectivity index (χ2v) is 17.8. The van der Waals surface area contributed by atoms with Gasteiger partial charge in [0.2, 0.25) is 0 Å². The van der Waals surface area contributed by atoms with Crippen molar-refractivity contribution in [1.29, 1.82) is 0 Å². The minimum atomic E-state index is -2.00. The molecule has 0 amide bonds. The van der Waals surface area contributed by atoms with Crippen molar-refractivity contribution in [2.24, 2.45) is 0 Å². The van der Waals surface area contributed by atoms with E-state index in [4.69, 9.17) is 12.9 Å². The third-order valence-corrected chi connectivity index (χ3v) is 14.7. The van der Waals surface area contributed by atoms with Gasteiger partial charge in [-0.25, -0.2) is 0 Å². The van der Waals surface area contributed by atoms with Gasteiger partial charge in [0.05, 0.1) is 0 Å². The molecule has 59 heavy (non-hydrogen) atoms. The SMILES string of the molecule is C=Cc1ccc2c(-c3c(P(c4ccccc4)c4ccccc4)ccc4ccccc34)c(Op3oc4ccc5ccccc5c4c4c(ccc5ccccc54)o3)ccc2c1. The zero-order valence-electron chi connectivity index (χ0n) is 32.0. The summed E-state index contributed by atoms with van der Waals surface area (Å²) < 4.78 is 21.1. The predicted molar refractivity (Wildman–Crippen MR) is 253 cm³/mol. The van der Waals surface area contributed by atoms with Gasteiger partial charge in [0.1, 0.15) is 16.9 Å². The largest absolute Gasteiger partial charge is 0.453 e. The van der Waals surface area contributed by atoms with Crippen LogP contribution in [0.15, 0.2) is 215 Å². The highest BCUT2D eigenvalue weighted by Crippen LogP contribution is 2.49. The van der Waals surface area contributed by atoms with Gasteiger partial charge in [-0.3, -0.25) is 0 Å². The van der Waals surface area contributed by atoms with Gasteiger partial charge in [0.15, 0.2) is 0 Å². The number of benzene rings is 10. The van der Waals surface area contributed by atoms with Crippen molar-refractivity contribution in [2.75, 3.05) is 0 Å². The number of hydrogen-bond donors (Lipinski definition) is 0. The summed E-state index contributed by atoms with van der Waals surface area (Å²) in [6, 6.07) is 71.1. The summed E-state index contributed by atoms with van der Waals surface area (Å²) in [5.74, 6) is 0.690. The molecule has 0 unspecified atom stereocenters. The first-order valence-electron chi connectivity index (χ1n) is 19.7. The van der Waals surface area contributed by atoms with Gasteiger partial charge in [0, 0.05) is 21.9 Å². The quantitative estimate of drug-likeness (QED) is 0.151. The molecule has 1 heterocycles. The first-order valence-corrected chi connectivity index (χ1v) is 22.1. The van der Waals surface area contributed by atoms with E-state index in [2.05, 4.69) is 207 Å². The Hall–Kier alpha value is -6.89. The molecule has 10 aromatic carbocycles. The molecular formula is C54H36O3P2. The topological polar surface area (TPSA) is 35.5 Å². The fourth-order valence-electron chi connectivity index (χ4n) is 8.55. The summed E-state index contributed by atoms with van der Waals surface area (Å²) in [7, 11) is -2.99. The molecule has 1 aromatic heterocycles.